The summed E-state index contributed by atoms with van der Waals surface area (Å²) in [6.45, 7) is 6.51. The van der Waals surface area contributed by atoms with Crippen LogP contribution in [0.25, 0.3) is 0 Å². The standard InChI is InChI=1S/C15H27NO7/c1-2-18-4-6-20-9-14-10-21-12-15(23-14)11-16-7-13(22-15)8-19-5-3-17-1/h13-14,16H,1-12H2. The van der Waals surface area contributed by atoms with Gasteiger partial charge in [-0.25, -0.2) is 0 Å². The minimum Gasteiger partial charge on any atom is -0.377 e. The highest BCUT2D eigenvalue weighted by molar-refractivity contribution is 4.85. The van der Waals surface area contributed by atoms with Crippen LogP contribution in [0.15, 0.2) is 0 Å². The lowest BCUT2D eigenvalue weighted by atomic mass is 10.2. The van der Waals surface area contributed by atoms with E-state index in [0.29, 0.717) is 72.6 Å². The fourth-order valence-electron chi connectivity index (χ4n) is 2.85. The lowest BCUT2D eigenvalue weighted by molar-refractivity contribution is -0.344. The predicted octanol–water partition coefficient (Wildman–Crippen LogP) is -0.833. The highest BCUT2D eigenvalue weighted by atomic mass is 16.8. The average Bonchev–Trinajstić information content (AvgIpc) is 2.55. The van der Waals surface area contributed by atoms with Gasteiger partial charge in [0.1, 0.15) is 12.7 Å². The number of nitrogens with one attached hydrogen (secondary N) is 1. The van der Waals surface area contributed by atoms with Crippen molar-refractivity contribution in [2.45, 2.75) is 18.0 Å². The molecule has 3 unspecified atom stereocenters. The molecule has 0 aliphatic carbocycles. The van der Waals surface area contributed by atoms with Crippen LogP contribution in [0.2, 0.25) is 0 Å². The number of hydrogen-bond donors (Lipinski definition) is 1. The number of ether oxygens (including phenoxy) is 7. The molecular weight excluding hydrogens is 306 g/mol. The minimum absolute atomic E-state index is 0.0639. The molecule has 3 saturated heterocycles. The van der Waals surface area contributed by atoms with Crippen molar-refractivity contribution in [1.82, 2.24) is 5.32 Å². The third-order valence-corrected chi connectivity index (χ3v) is 3.88. The molecule has 3 aliphatic rings. The number of hydrogen-bond acceptors (Lipinski definition) is 8. The smallest absolute Gasteiger partial charge is 0.205 e. The van der Waals surface area contributed by atoms with Crippen LogP contribution in [0.5, 0.6) is 0 Å². The van der Waals surface area contributed by atoms with Gasteiger partial charge in [-0.3, -0.25) is 0 Å². The van der Waals surface area contributed by atoms with E-state index < -0.39 is 5.79 Å². The van der Waals surface area contributed by atoms with E-state index in [1.165, 1.54) is 0 Å². The van der Waals surface area contributed by atoms with Gasteiger partial charge in [-0.15, -0.1) is 0 Å². The monoisotopic (exact) mass is 333 g/mol. The molecule has 3 atom stereocenters. The van der Waals surface area contributed by atoms with Gasteiger partial charge in [0.2, 0.25) is 5.79 Å². The van der Waals surface area contributed by atoms with Gasteiger partial charge < -0.3 is 38.5 Å². The van der Waals surface area contributed by atoms with E-state index in [0.717, 1.165) is 6.54 Å². The fraction of sp³-hybridized carbons (Fsp3) is 1.00. The summed E-state index contributed by atoms with van der Waals surface area (Å²) < 4.78 is 40.0. The number of fused-ring (bicyclic) bond motifs is 2. The molecule has 1 N–H and O–H groups in total. The average molecular weight is 333 g/mol. The zero-order chi connectivity index (χ0) is 15.8. The van der Waals surface area contributed by atoms with Gasteiger partial charge in [-0.1, -0.05) is 0 Å². The van der Waals surface area contributed by atoms with Gasteiger partial charge in [0, 0.05) is 6.54 Å². The first-order valence-electron chi connectivity index (χ1n) is 8.31. The lowest BCUT2D eigenvalue weighted by Crippen LogP contribution is -2.62. The molecule has 3 fully saturated rings. The minimum atomic E-state index is -0.750. The molecule has 3 aliphatic heterocycles. The number of morpholine rings is 1. The van der Waals surface area contributed by atoms with E-state index in [9.17, 15) is 0 Å². The van der Waals surface area contributed by atoms with Crippen LogP contribution < -0.4 is 5.32 Å². The van der Waals surface area contributed by atoms with Crippen molar-refractivity contribution >= 4 is 0 Å². The molecule has 3 bridgehead atoms. The Morgan fingerprint density at radius 2 is 1.22 bits per heavy atom. The Labute approximate surface area is 136 Å². The summed E-state index contributed by atoms with van der Waals surface area (Å²) in [6.07, 6.45) is -0.199. The third-order valence-electron chi connectivity index (χ3n) is 3.88. The van der Waals surface area contributed by atoms with E-state index in [-0.39, 0.29) is 12.2 Å². The molecule has 8 heteroatoms. The first-order valence-corrected chi connectivity index (χ1v) is 8.31. The Morgan fingerprint density at radius 3 is 1.96 bits per heavy atom. The zero-order valence-corrected chi connectivity index (χ0v) is 13.5. The van der Waals surface area contributed by atoms with E-state index in [1.54, 1.807) is 0 Å². The highest BCUT2D eigenvalue weighted by Gasteiger charge is 2.43. The van der Waals surface area contributed by atoms with Crippen molar-refractivity contribution < 1.29 is 33.2 Å². The maximum atomic E-state index is 6.11. The van der Waals surface area contributed by atoms with Crippen LogP contribution >= 0.6 is 0 Å². The second kappa shape index (κ2) is 9.24. The van der Waals surface area contributed by atoms with Gasteiger partial charge in [0.05, 0.1) is 72.1 Å². The molecule has 3 rings (SSSR count). The van der Waals surface area contributed by atoms with Crippen molar-refractivity contribution in [2.75, 3.05) is 79.2 Å². The molecule has 23 heavy (non-hydrogen) atoms. The first kappa shape index (κ1) is 17.5. The second-order valence-corrected chi connectivity index (χ2v) is 5.91. The van der Waals surface area contributed by atoms with Gasteiger partial charge >= 0.3 is 0 Å². The quantitative estimate of drug-likeness (QED) is 0.615. The molecule has 1 spiro atoms. The molecule has 0 aromatic carbocycles. The summed E-state index contributed by atoms with van der Waals surface area (Å²) in [5, 5.41) is 3.34. The first-order chi connectivity index (χ1) is 11.4. The topological polar surface area (TPSA) is 76.6 Å². The summed E-state index contributed by atoms with van der Waals surface area (Å²) in [4.78, 5) is 0. The van der Waals surface area contributed by atoms with Crippen molar-refractivity contribution in [1.29, 1.82) is 0 Å². The van der Waals surface area contributed by atoms with Gasteiger partial charge in [-0.05, 0) is 0 Å². The highest BCUT2D eigenvalue weighted by Crippen LogP contribution is 2.25. The molecule has 0 radical (unpaired) electrons. The summed E-state index contributed by atoms with van der Waals surface area (Å²) in [7, 11) is 0. The molecule has 0 aromatic rings. The maximum Gasteiger partial charge on any atom is 0.205 e. The van der Waals surface area contributed by atoms with Crippen LogP contribution in [0, 0.1) is 0 Å². The van der Waals surface area contributed by atoms with Crippen LogP contribution in [0.4, 0.5) is 0 Å². The fourth-order valence-corrected chi connectivity index (χ4v) is 2.85. The molecule has 0 aromatic heterocycles. The van der Waals surface area contributed by atoms with Crippen LogP contribution in [-0.2, 0) is 33.2 Å². The molecule has 0 saturated carbocycles. The number of rotatable bonds is 0. The van der Waals surface area contributed by atoms with E-state index in [2.05, 4.69) is 5.32 Å². The summed E-state index contributed by atoms with van der Waals surface area (Å²) in [6, 6.07) is 0. The maximum absolute atomic E-state index is 6.11. The predicted molar refractivity (Wildman–Crippen MR) is 79.4 cm³/mol. The zero-order valence-electron chi connectivity index (χ0n) is 13.5. The van der Waals surface area contributed by atoms with Crippen LogP contribution in [0.1, 0.15) is 0 Å². The van der Waals surface area contributed by atoms with Gasteiger partial charge in [-0.2, -0.15) is 0 Å². The van der Waals surface area contributed by atoms with Gasteiger partial charge in [0.15, 0.2) is 0 Å². The summed E-state index contributed by atoms with van der Waals surface area (Å²) in [5.41, 5.74) is 0. The van der Waals surface area contributed by atoms with Crippen molar-refractivity contribution in [3.63, 3.8) is 0 Å². The van der Waals surface area contributed by atoms with Crippen molar-refractivity contribution in [3.8, 4) is 0 Å². The Bertz CT molecular complexity index is 312. The van der Waals surface area contributed by atoms with Crippen LogP contribution in [-0.4, -0.2) is 97.2 Å². The Kier molecular flexibility index (Phi) is 7.03. The second-order valence-electron chi connectivity index (χ2n) is 5.91. The van der Waals surface area contributed by atoms with Crippen molar-refractivity contribution in [3.05, 3.63) is 0 Å². The van der Waals surface area contributed by atoms with Crippen molar-refractivity contribution in [2.24, 2.45) is 0 Å². The van der Waals surface area contributed by atoms with E-state index >= 15 is 0 Å². The Hall–Kier alpha value is -0.320. The SMILES string of the molecule is C1COCCOCC2COCC3(CNCC(COCCO1)O3)O2. The Balaban J connectivity index is 1.54. The molecule has 8 nitrogen and oxygen atoms in total. The molecule has 134 valence electrons. The van der Waals surface area contributed by atoms with Crippen LogP contribution in [0.3, 0.4) is 0 Å². The molecular formula is C15H27NO7. The largest absolute Gasteiger partial charge is 0.377 e. The van der Waals surface area contributed by atoms with Gasteiger partial charge in [0.25, 0.3) is 0 Å². The van der Waals surface area contributed by atoms with E-state index in [4.69, 9.17) is 33.2 Å². The summed E-state index contributed by atoms with van der Waals surface area (Å²) in [5.74, 6) is -0.750. The molecule has 3 heterocycles. The Morgan fingerprint density at radius 1 is 0.652 bits per heavy atom. The lowest BCUT2D eigenvalue weighted by Gasteiger charge is -2.45. The normalized spacial score (nSPS) is 38.6. The molecule has 0 amide bonds. The third kappa shape index (κ3) is 5.61. The summed E-state index contributed by atoms with van der Waals surface area (Å²) >= 11 is 0. The van der Waals surface area contributed by atoms with E-state index in [1.807, 2.05) is 0 Å².